The zero-order valence-electron chi connectivity index (χ0n) is 16.9. The summed E-state index contributed by atoms with van der Waals surface area (Å²) in [6.07, 6.45) is 3.61. The second kappa shape index (κ2) is 8.21. The van der Waals surface area contributed by atoms with Crippen molar-refractivity contribution in [2.75, 3.05) is 13.1 Å². The molecule has 1 aliphatic heterocycles. The van der Waals surface area contributed by atoms with Crippen LogP contribution in [-0.2, 0) is 11.8 Å². The van der Waals surface area contributed by atoms with E-state index in [2.05, 4.69) is 72.9 Å². The van der Waals surface area contributed by atoms with E-state index in [1.54, 1.807) is 0 Å². The molecule has 0 aliphatic carbocycles. The highest BCUT2D eigenvalue weighted by atomic mass is 16.2. The molecule has 3 rings (SSSR count). The maximum atomic E-state index is 12.8. The Morgan fingerprint density at radius 2 is 1.89 bits per heavy atom. The van der Waals surface area contributed by atoms with Gasteiger partial charge in [0.15, 0.2) is 5.69 Å². The number of aromatic nitrogens is 3. The second-order valence-electron chi connectivity index (χ2n) is 8.34. The number of carbonyl (C=O) groups excluding carboxylic acids is 1. The second-order valence-corrected chi connectivity index (χ2v) is 8.34. The van der Waals surface area contributed by atoms with Crippen molar-refractivity contribution in [1.29, 1.82) is 0 Å². The van der Waals surface area contributed by atoms with Crippen molar-refractivity contribution in [3.63, 3.8) is 0 Å². The Hall–Kier alpha value is -2.21. The molecule has 1 aromatic carbocycles. The van der Waals surface area contributed by atoms with Crippen LogP contribution in [0.2, 0.25) is 0 Å². The Balaban J connectivity index is 1.85. The number of hydrogen-bond donors (Lipinski definition) is 2. The van der Waals surface area contributed by atoms with Crippen LogP contribution < -0.4 is 10.6 Å². The number of hydrogen-bond acceptors (Lipinski definition) is 4. The van der Waals surface area contributed by atoms with Gasteiger partial charge in [0.2, 0.25) is 0 Å². The van der Waals surface area contributed by atoms with Gasteiger partial charge < -0.3 is 10.6 Å². The van der Waals surface area contributed by atoms with Gasteiger partial charge in [0.05, 0.1) is 11.4 Å². The summed E-state index contributed by atoms with van der Waals surface area (Å²) in [5, 5.41) is 15.0. The Kier molecular flexibility index (Phi) is 5.95. The van der Waals surface area contributed by atoms with Crippen LogP contribution in [0.25, 0.3) is 5.69 Å². The standard InChI is InChI=1S/C21H31N5O/c1-5-6-18-19(20(27)23-16-11-13-22-14-12-16)24-25-26(18)17-9-7-15(8-10-17)21(2,3)4/h7-10,16,22H,5-6,11-14H2,1-4H3,(H,23,27). The predicted molar refractivity (Wildman–Crippen MR) is 107 cm³/mol. The van der Waals surface area contributed by atoms with Gasteiger partial charge in [-0.3, -0.25) is 4.79 Å². The van der Waals surface area contributed by atoms with Gasteiger partial charge in [-0.05, 0) is 55.5 Å². The molecule has 0 radical (unpaired) electrons. The summed E-state index contributed by atoms with van der Waals surface area (Å²) in [5.41, 5.74) is 3.66. The molecule has 1 fully saturated rings. The summed E-state index contributed by atoms with van der Waals surface area (Å²) in [4.78, 5) is 12.8. The van der Waals surface area contributed by atoms with Crippen LogP contribution in [0, 0.1) is 0 Å². The first-order valence-corrected chi connectivity index (χ1v) is 9.97. The molecule has 0 spiro atoms. The number of piperidine rings is 1. The molecular formula is C21H31N5O. The molecule has 2 N–H and O–H groups in total. The van der Waals surface area contributed by atoms with Crippen LogP contribution in [0.5, 0.6) is 0 Å². The monoisotopic (exact) mass is 369 g/mol. The Morgan fingerprint density at radius 3 is 2.48 bits per heavy atom. The number of carbonyl (C=O) groups is 1. The molecular weight excluding hydrogens is 338 g/mol. The van der Waals surface area contributed by atoms with E-state index in [1.807, 2.05) is 4.68 Å². The first-order chi connectivity index (χ1) is 12.9. The molecule has 0 unspecified atom stereocenters. The molecule has 1 aliphatic rings. The first kappa shape index (κ1) is 19.5. The van der Waals surface area contributed by atoms with Crippen LogP contribution in [-0.4, -0.2) is 40.0 Å². The Morgan fingerprint density at radius 1 is 1.22 bits per heavy atom. The van der Waals surface area contributed by atoms with Crippen LogP contribution in [0.15, 0.2) is 24.3 Å². The van der Waals surface area contributed by atoms with E-state index in [9.17, 15) is 4.79 Å². The van der Waals surface area contributed by atoms with E-state index in [0.29, 0.717) is 5.69 Å². The Labute approximate surface area is 161 Å². The molecule has 27 heavy (non-hydrogen) atoms. The van der Waals surface area contributed by atoms with Crippen molar-refractivity contribution >= 4 is 5.91 Å². The third-order valence-corrected chi connectivity index (χ3v) is 5.12. The average molecular weight is 370 g/mol. The highest BCUT2D eigenvalue weighted by Gasteiger charge is 2.23. The minimum absolute atomic E-state index is 0.104. The van der Waals surface area contributed by atoms with Gasteiger partial charge in [-0.15, -0.1) is 5.10 Å². The molecule has 0 bridgehead atoms. The highest BCUT2D eigenvalue weighted by molar-refractivity contribution is 5.93. The van der Waals surface area contributed by atoms with E-state index in [-0.39, 0.29) is 17.4 Å². The summed E-state index contributed by atoms with van der Waals surface area (Å²) < 4.78 is 1.81. The fourth-order valence-corrected chi connectivity index (χ4v) is 3.47. The minimum atomic E-state index is -0.108. The van der Waals surface area contributed by atoms with Crippen molar-refractivity contribution in [2.24, 2.45) is 0 Å². The highest BCUT2D eigenvalue weighted by Crippen LogP contribution is 2.24. The van der Waals surface area contributed by atoms with Gasteiger partial charge in [0.1, 0.15) is 0 Å². The molecule has 2 heterocycles. The fourth-order valence-electron chi connectivity index (χ4n) is 3.47. The number of rotatable bonds is 5. The van der Waals surface area contributed by atoms with E-state index in [1.165, 1.54) is 5.56 Å². The van der Waals surface area contributed by atoms with Gasteiger partial charge in [-0.2, -0.15) is 0 Å². The molecule has 1 saturated heterocycles. The van der Waals surface area contributed by atoms with E-state index >= 15 is 0 Å². The van der Waals surface area contributed by atoms with Crippen molar-refractivity contribution in [2.45, 2.75) is 64.8 Å². The van der Waals surface area contributed by atoms with Crippen molar-refractivity contribution in [1.82, 2.24) is 25.6 Å². The van der Waals surface area contributed by atoms with Crippen molar-refractivity contribution < 1.29 is 4.79 Å². The lowest BCUT2D eigenvalue weighted by Crippen LogP contribution is -2.43. The van der Waals surface area contributed by atoms with Gasteiger partial charge in [0, 0.05) is 6.04 Å². The predicted octanol–water partition coefficient (Wildman–Crippen LogP) is 3.00. The van der Waals surface area contributed by atoms with Crippen LogP contribution in [0.3, 0.4) is 0 Å². The van der Waals surface area contributed by atoms with Crippen LogP contribution >= 0.6 is 0 Å². The van der Waals surface area contributed by atoms with E-state index in [4.69, 9.17) is 0 Å². The fraction of sp³-hybridized carbons (Fsp3) is 0.571. The van der Waals surface area contributed by atoms with E-state index < -0.39 is 0 Å². The molecule has 6 heteroatoms. The lowest BCUT2D eigenvalue weighted by atomic mass is 9.87. The SMILES string of the molecule is CCCc1c(C(=O)NC2CCNCC2)nnn1-c1ccc(C(C)(C)C)cc1. The molecule has 6 nitrogen and oxygen atoms in total. The maximum absolute atomic E-state index is 12.8. The zero-order valence-corrected chi connectivity index (χ0v) is 16.9. The Bertz CT molecular complexity index is 767. The zero-order chi connectivity index (χ0) is 19.4. The third-order valence-electron chi connectivity index (χ3n) is 5.12. The first-order valence-electron chi connectivity index (χ1n) is 9.97. The van der Waals surface area contributed by atoms with Gasteiger partial charge in [-0.1, -0.05) is 51.5 Å². The maximum Gasteiger partial charge on any atom is 0.273 e. The lowest BCUT2D eigenvalue weighted by Gasteiger charge is -2.23. The summed E-state index contributed by atoms with van der Waals surface area (Å²) >= 11 is 0. The number of amides is 1. The topological polar surface area (TPSA) is 71.8 Å². The third kappa shape index (κ3) is 4.56. The molecule has 2 aromatic rings. The summed E-state index contributed by atoms with van der Waals surface area (Å²) in [5.74, 6) is -0.108. The van der Waals surface area contributed by atoms with Crippen molar-refractivity contribution in [3.8, 4) is 5.69 Å². The molecule has 0 atom stereocenters. The smallest absolute Gasteiger partial charge is 0.273 e. The largest absolute Gasteiger partial charge is 0.348 e. The summed E-state index contributed by atoms with van der Waals surface area (Å²) in [6.45, 7) is 10.6. The molecule has 0 saturated carbocycles. The van der Waals surface area contributed by atoms with Crippen LogP contribution in [0.1, 0.15) is 68.7 Å². The van der Waals surface area contributed by atoms with E-state index in [0.717, 1.165) is 50.2 Å². The number of nitrogens with one attached hydrogen (secondary N) is 2. The van der Waals surface area contributed by atoms with Crippen molar-refractivity contribution in [3.05, 3.63) is 41.2 Å². The van der Waals surface area contributed by atoms with Gasteiger partial charge in [0.25, 0.3) is 5.91 Å². The minimum Gasteiger partial charge on any atom is -0.348 e. The van der Waals surface area contributed by atoms with Gasteiger partial charge >= 0.3 is 0 Å². The lowest BCUT2D eigenvalue weighted by molar-refractivity contribution is 0.0923. The molecule has 1 aromatic heterocycles. The molecule has 146 valence electrons. The number of benzene rings is 1. The number of nitrogens with zero attached hydrogens (tertiary/aromatic N) is 3. The molecule has 1 amide bonds. The summed E-state index contributed by atoms with van der Waals surface area (Å²) in [7, 11) is 0. The van der Waals surface area contributed by atoms with Gasteiger partial charge in [-0.25, -0.2) is 4.68 Å². The quantitative estimate of drug-likeness (QED) is 0.850. The average Bonchev–Trinajstić information content (AvgIpc) is 3.06. The normalized spacial score (nSPS) is 15.7. The van der Waals surface area contributed by atoms with Crippen LogP contribution in [0.4, 0.5) is 0 Å². The summed E-state index contributed by atoms with van der Waals surface area (Å²) in [6, 6.07) is 8.58.